The Morgan fingerprint density at radius 3 is 2.41 bits per heavy atom. The Morgan fingerprint density at radius 2 is 1.85 bits per heavy atom. The van der Waals surface area contributed by atoms with Crippen LogP contribution in [-0.4, -0.2) is 50.2 Å². The van der Waals surface area contributed by atoms with Gasteiger partial charge in [-0.3, -0.25) is 19.7 Å². The van der Waals surface area contributed by atoms with E-state index in [0.717, 1.165) is 23.9 Å². The third-order valence-electron chi connectivity index (χ3n) is 5.48. The second-order valence-corrected chi connectivity index (χ2v) is 9.42. The van der Waals surface area contributed by atoms with E-state index < -0.39 is 58.9 Å². The number of thioether (sulfide) groups is 1. The first-order chi connectivity index (χ1) is 18.6. The first-order valence-corrected chi connectivity index (χ1v) is 12.2. The molecule has 202 valence electrons. The van der Waals surface area contributed by atoms with Gasteiger partial charge in [0.15, 0.2) is 17.4 Å². The Balaban J connectivity index is 1.41. The SMILES string of the molecule is NC(Cc1cnc[nH]1)C(=O)NC(Cc1cc(F)c(Oc2ccc(/C=C3\SC(=O)NC3=O)cc2)c(F)c1)C(=O)O. The molecular weight excluding hydrogens is 536 g/mol. The van der Waals surface area contributed by atoms with E-state index in [1.807, 2.05) is 0 Å². The number of nitrogens with one attached hydrogen (secondary N) is 3. The first-order valence-electron chi connectivity index (χ1n) is 11.4. The fraction of sp³-hybridized carbons (Fsp3) is 0.160. The number of imidazole rings is 1. The number of aromatic amines is 1. The Labute approximate surface area is 223 Å². The number of rotatable bonds is 10. The highest BCUT2D eigenvalue weighted by Gasteiger charge is 2.26. The van der Waals surface area contributed by atoms with Crippen molar-refractivity contribution in [3.63, 3.8) is 0 Å². The van der Waals surface area contributed by atoms with E-state index in [9.17, 15) is 33.1 Å². The number of carbonyl (C=O) groups excluding carboxylic acids is 3. The van der Waals surface area contributed by atoms with Gasteiger partial charge >= 0.3 is 5.97 Å². The number of amides is 3. The average molecular weight is 558 g/mol. The largest absolute Gasteiger partial charge is 0.480 e. The van der Waals surface area contributed by atoms with Crippen LogP contribution in [0, 0.1) is 11.6 Å². The van der Waals surface area contributed by atoms with E-state index in [-0.39, 0.29) is 22.6 Å². The second-order valence-electron chi connectivity index (χ2n) is 8.40. The number of hydrogen-bond acceptors (Lipinski definition) is 8. The van der Waals surface area contributed by atoms with E-state index in [1.54, 1.807) is 0 Å². The number of aliphatic carboxylic acids is 1. The molecular formula is C25H21F2N5O6S. The molecule has 4 rings (SSSR count). The number of carboxylic acid groups (broad SMARTS) is 1. The van der Waals surface area contributed by atoms with E-state index in [0.29, 0.717) is 11.3 Å². The fourth-order valence-corrected chi connectivity index (χ4v) is 4.27. The predicted octanol–water partition coefficient (Wildman–Crippen LogP) is 2.49. The number of ether oxygens (including phenoxy) is 1. The van der Waals surface area contributed by atoms with Gasteiger partial charge in [0, 0.05) is 24.7 Å². The molecule has 2 aromatic carbocycles. The molecule has 3 amide bonds. The number of imide groups is 1. The quantitative estimate of drug-likeness (QED) is 0.234. The molecule has 0 bridgehead atoms. The van der Waals surface area contributed by atoms with Crippen molar-refractivity contribution in [3.05, 3.63) is 82.3 Å². The van der Waals surface area contributed by atoms with Crippen LogP contribution < -0.4 is 21.1 Å². The van der Waals surface area contributed by atoms with Gasteiger partial charge in [0.25, 0.3) is 11.1 Å². The number of H-pyrrole nitrogens is 1. The summed E-state index contributed by atoms with van der Waals surface area (Å²) in [6.07, 6.45) is 4.03. The molecule has 0 aliphatic carbocycles. The maximum Gasteiger partial charge on any atom is 0.326 e. The topological polar surface area (TPSA) is 176 Å². The predicted molar refractivity (Wildman–Crippen MR) is 136 cm³/mol. The third-order valence-corrected chi connectivity index (χ3v) is 6.29. The fourth-order valence-electron chi connectivity index (χ4n) is 3.59. The zero-order chi connectivity index (χ0) is 28.1. The molecule has 0 radical (unpaired) electrons. The molecule has 1 aromatic heterocycles. The van der Waals surface area contributed by atoms with Crippen molar-refractivity contribution in [2.24, 2.45) is 5.73 Å². The molecule has 1 aliphatic rings. The van der Waals surface area contributed by atoms with Crippen molar-refractivity contribution in [2.45, 2.75) is 24.9 Å². The molecule has 2 unspecified atom stereocenters. The van der Waals surface area contributed by atoms with Crippen LogP contribution in [0.2, 0.25) is 0 Å². The standard InChI is InChI=1S/C25H21F2N5O6S/c26-16-5-13(7-19(24(35)36)31-22(33)18(28)9-14-10-29-11-30-14)6-17(27)21(16)38-15-3-1-12(2-4-15)8-20-23(34)32-25(37)39-20/h1-6,8,10-11,18-19H,7,9,28H2,(H,29,30)(H,31,33)(H,35,36)(H,32,34,37)/b20-8-. The number of benzene rings is 2. The minimum atomic E-state index is -1.49. The summed E-state index contributed by atoms with van der Waals surface area (Å²) in [6.45, 7) is 0. The Hall–Kier alpha value is -4.56. The van der Waals surface area contributed by atoms with Crippen LogP contribution in [0.1, 0.15) is 16.8 Å². The minimum Gasteiger partial charge on any atom is -0.480 e. The second kappa shape index (κ2) is 11.9. The number of nitrogens with two attached hydrogens (primary N) is 1. The molecule has 0 spiro atoms. The number of carboxylic acids is 1. The van der Waals surface area contributed by atoms with Gasteiger partial charge < -0.3 is 25.9 Å². The number of aromatic nitrogens is 2. The first kappa shape index (κ1) is 27.5. The third kappa shape index (κ3) is 7.06. The lowest BCUT2D eigenvalue weighted by molar-refractivity contribution is -0.142. The zero-order valence-corrected chi connectivity index (χ0v) is 20.8. The van der Waals surface area contributed by atoms with Crippen molar-refractivity contribution in [2.75, 3.05) is 0 Å². The highest BCUT2D eigenvalue weighted by Crippen LogP contribution is 2.30. The molecule has 2 atom stereocenters. The van der Waals surface area contributed by atoms with Gasteiger partial charge in [-0.25, -0.2) is 18.6 Å². The summed E-state index contributed by atoms with van der Waals surface area (Å²) in [5.41, 5.74) is 6.93. The van der Waals surface area contributed by atoms with Crippen LogP contribution >= 0.6 is 11.8 Å². The van der Waals surface area contributed by atoms with Crippen molar-refractivity contribution >= 4 is 40.9 Å². The van der Waals surface area contributed by atoms with Crippen LogP contribution in [0.15, 0.2) is 53.8 Å². The molecule has 1 aliphatic heterocycles. The van der Waals surface area contributed by atoms with E-state index >= 15 is 0 Å². The highest BCUT2D eigenvalue weighted by molar-refractivity contribution is 8.18. The maximum absolute atomic E-state index is 14.8. The van der Waals surface area contributed by atoms with Gasteiger partial charge in [-0.2, -0.15) is 0 Å². The average Bonchev–Trinajstić information content (AvgIpc) is 3.50. The summed E-state index contributed by atoms with van der Waals surface area (Å²) in [7, 11) is 0. The summed E-state index contributed by atoms with van der Waals surface area (Å²) in [4.78, 5) is 53.8. The van der Waals surface area contributed by atoms with E-state index in [2.05, 4.69) is 20.6 Å². The molecule has 14 heteroatoms. The zero-order valence-electron chi connectivity index (χ0n) is 19.9. The monoisotopic (exact) mass is 557 g/mol. The normalized spacial score (nSPS) is 15.6. The Bertz CT molecular complexity index is 1420. The Morgan fingerprint density at radius 1 is 1.15 bits per heavy atom. The van der Waals surface area contributed by atoms with Crippen molar-refractivity contribution < 1.29 is 37.8 Å². The smallest absolute Gasteiger partial charge is 0.326 e. The summed E-state index contributed by atoms with van der Waals surface area (Å²) in [5.74, 6) is -5.47. The number of nitrogens with zero attached hydrogens (tertiary/aromatic N) is 1. The van der Waals surface area contributed by atoms with Crippen molar-refractivity contribution in [1.82, 2.24) is 20.6 Å². The molecule has 0 saturated carbocycles. The molecule has 11 nitrogen and oxygen atoms in total. The van der Waals surface area contributed by atoms with Gasteiger partial charge in [0.05, 0.1) is 17.3 Å². The van der Waals surface area contributed by atoms with E-state index in [4.69, 9.17) is 10.5 Å². The van der Waals surface area contributed by atoms with Crippen LogP contribution in [0.5, 0.6) is 11.5 Å². The van der Waals surface area contributed by atoms with Crippen LogP contribution in [0.4, 0.5) is 13.6 Å². The molecule has 1 saturated heterocycles. The van der Waals surface area contributed by atoms with Gasteiger partial charge in [-0.15, -0.1) is 0 Å². The van der Waals surface area contributed by atoms with Crippen molar-refractivity contribution in [3.8, 4) is 11.5 Å². The van der Waals surface area contributed by atoms with Crippen LogP contribution in [0.25, 0.3) is 6.08 Å². The summed E-state index contributed by atoms with van der Waals surface area (Å²) in [5, 5.41) is 13.5. The number of halogens is 2. The Kier molecular flexibility index (Phi) is 8.36. The van der Waals surface area contributed by atoms with Crippen LogP contribution in [0.3, 0.4) is 0 Å². The molecule has 39 heavy (non-hydrogen) atoms. The van der Waals surface area contributed by atoms with Crippen molar-refractivity contribution in [1.29, 1.82) is 0 Å². The molecule has 1 fully saturated rings. The summed E-state index contributed by atoms with van der Waals surface area (Å²) in [6, 6.07) is 5.15. The number of carbonyl (C=O) groups is 4. The summed E-state index contributed by atoms with van der Waals surface area (Å²) >= 11 is 0.753. The number of hydrogen-bond donors (Lipinski definition) is 5. The lowest BCUT2D eigenvalue weighted by Gasteiger charge is -2.18. The molecule has 3 aromatic rings. The molecule has 2 heterocycles. The summed E-state index contributed by atoms with van der Waals surface area (Å²) < 4.78 is 34.9. The van der Waals surface area contributed by atoms with E-state index in [1.165, 1.54) is 42.9 Å². The lowest BCUT2D eigenvalue weighted by Crippen LogP contribution is -2.50. The minimum absolute atomic E-state index is 0.0314. The van der Waals surface area contributed by atoms with Crippen LogP contribution in [-0.2, 0) is 27.2 Å². The lowest BCUT2D eigenvalue weighted by atomic mass is 10.0. The van der Waals surface area contributed by atoms with Gasteiger partial charge in [0.2, 0.25) is 5.91 Å². The highest BCUT2D eigenvalue weighted by atomic mass is 32.2. The van der Waals surface area contributed by atoms with Gasteiger partial charge in [-0.05, 0) is 53.2 Å². The van der Waals surface area contributed by atoms with Gasteiger partial charge in [0.1, 0.15) is 11.8 Å². The molecule has 6 N–H and O–H groups in total. The van der Waals surface area contributed by atoms with Gasteiger partial charge in [-0.1, -0.05) is 12.1 Å². The maximum atomic E-state index is 14.8.